The Morgan fingerprint density at radius 1 is 1.53 bits per heavy atom. The predicted molar refractivity (Wildman–Crippen MR) is 50.3 cm³/mol. The number of nitrogens with one attached hydrogen (secondary N) is 1. The van der Waals surface area contributed by atoms with Crippen LogP contribution in [-0.4, -0.2) is 55.8 Å². The molecule has 0 spiro atoms. The lowest BCUT2D eigenvalue weighted by atomic mass is 10.0. The van der Waals surface area contributed by atoms with Gasteiger partial charge in [0.2, 0.25) is 5.91 Å². The smallest absolute Gasteiger partial charge is 0.386 e. The van der Waals surface area contributed by atoms with Gasteiger partial charge in [0.05, 0.1) is 6.61 Å². The molecular weight excluding hydrogens is 243 g/mol. The minimum absolute atomic E-state index is 0.0544. The number of carbonyl (C=O) groups excluding carboxylic acids is 1. The lowest BCUT2D eigenvalue weighted by Gasteiger charge is -2.20. The average molecular weight is 257 g/mol. The van der Waals surface area contributed by atoms with Gasteiger partial charge in [-0.15, -0.1) is 0 Å². The molecule has 1 fully saturated rings. The Morgan fingerprint density at radius 3 is 2.76 bits per heavy atom. The van der Waals surface area contributed by atoms with Crippen LogP contribution < -0.4 is 5.32 Å². The van der Waals surface area contributed by atoms with E-state index in [1.807, 2.05) is 0 Å². The normalized spacial score (nSPS) is 24.9. The summed E-state index contributed by atoms with van der Waals surface area (Å²) in [7, 11) is 0. The van der Waals surface area contributed by atoms with E-state index in [-0.39, 0.29) is 13.2 Å². The highest BCUT2D eigenvalue weighted by molar-refractivity contribution is 5.77. The number of rotatable bonds is 5. The van der Waals surface area contributed by atoms with Crippen LogP contribution in [0.4, 0.5) is 13.2 Å². The van der Waals surface area contributed by atoms with Gasteiger partial charge in [0, 0.05) is 19.6 Å². The molecule has 2 N–H and O–H groups in total. The van der Waals surface area contributed by atoms with Crippen LogP contribution >= 0.6 is 0 Å². The van der Waals surface area contributed by atoms with Gasteiger partial charge in [-0.3, -0.25) is 4.79 Å². The summed E-state index contributed by atoms with van der Waals surface area (Å²) in [4.78, 5) is 11.1. The zero-order chi connectivity index (χ0) is 12.9. The lowest BCUT2D eigenvalue weighted by Crippen LogP contribution is -2.44. The number of alkyl halides is 3. The van der Waals surface area contributed by atoms with Gasteiger partial charge in [-0.25, -0.2) is 0 Å². The maximum atomic E-state index is 11.7. The molecule has 1 rings (SSSR count). The van der Waals surface area contributed by atoms with Crippen LogP contribution in [0, 0.1) is 0 Å². The van der Waals surface area contributed by atoms with Crippen molar-refractivity contribution in [1.29, 1.82) is 0 Å². The Balaban J connectivity index is 2.13. The van der Waals surface area contributed by atoms with E-state index < -0.39 is 30.9 Å². The molecule has 0 aliphatic carbocycles. The fraction of sp³-hybridized carbons (Fsp3) is 0.889. The van der Waals surface area contributed by atoms with E-state index in [1.54, 1.807) is 0 Å². The molecule has 0 saturated carbocycles. The van der Waals surface area contributed by atoms with Crippen molar-refractivity contribution in [2.75, 3.05) is 33.0 Å². The number of hydrogen-bond acceptors (Lipinski definition) is 4. The molecule has 5 nitrogen and oxygen atoms in total. The standard InChI is InChI=1S/C9H14F3NO4/c10-9(11,12)6-17-3-7(14)13-4-8(15)1-2-16-5-8/h15H,1-6H2,(H,13,14). The summed E-state index contributed by atoms with van der Waals surface area (Å²) in [5.74, 6) is -0.699. The zero-order valence-electron chi connectivity index (χ0n) is 9.05. The van der Waals surface area contributed by atoms with Crippen LogP contribution in [0.15, 0.2) is 0 Å². The first-order valence-electron chi connectivity index (χ1n) is 5.02. The third kappa shape index (κ3) is 5.85. The van der Waals surface area contributed by atoms with Crippen molar-refractivity contribution in [2.24, 2.45) is 0 Å². The molecule has 8 heteroatoms. The Hall–Kier alpha value is -0.860. The zero-order valence-corrected chi connectivity index (χ0v) is 9.05. The van der Waals surface area contributed by atoms with Gasteiger partial charge in [0.15, 0.2) is 0 Å². The highest BCUT2D eigenvalue weighted by Crippen LogP contribution is 2.17. The highest BCUT2D eigenvalue weighted by atomic mass is 19.4. The van der Waals surface area contributed by atoms with Crippen LogP contribution in [0.1, 0.15) is 6.42 Å². The summed E-state index contributed by atoms with van der Waals surface area (Å²) in [6, 6.07) is 0. The second-order valence-electron chi connectivity index (χ2n) is 3.91. The molecule has 0 aromatic rings. The largest absolute Gasteiger partial charge is 0.411 e. The van der Waals surface area contributed by atoms with Gasteiger partial charge in [-0.05, 0) is 0 Å². The first-order chi connectivity index (χ1) is 7.81. The fourth-order valence-corrected chi connectivity index (χ4v) is 1.31. The monoisotopic (exact) mass is 257 g/mol. The second-order valence-corrected chi connectivity index (χ2v) is 3.91. The summed E-state index contributed by atoms with van der Waals surface area (Å²) in [5.41, 5.74) is -1.13. The second kappa shape index (κ2) is 5.65. The molecule has 100 valence electrons. The Kier molecular flexibility index (Phi) is 4.72. The van der Waals surface area contributed by atoms with Crippen LogP contribution in [-0.2, 0) is 14.3 Å². The maximum absolute atomic E-state index is 11.7. The molecule has 1 atom stereocenters. The highest BCUT2D eigenvalue weighted by Gasteiger charge is 2.32. The molecule has 0 aromatic heterocycles. The Bertz CT molecular complexity index is 263. The third-order valence-electron chi connectivity index (χ3n) is 2.20. The van der Waals surface area contributed by atoms with E-state index in [9.17, 15) is 23.1 Å². The summed E-state index contributed by atoms with van der Waals surface area (Å²) < 4.78 is 44.2. The Labute approximate surface area is 95.9 Å². The molecule has 1 aliphatic rings. The number of hydrogen-bond donors (Lipinski definition) is 2. The number of halogens is 3. The van der Waals surface area contributed by atoms with E-state index in [2.05, 4.69) is 10.1 Å². The lowest BCUT2D eigenvalue weighted by molar-refractivity contribution is -0.175. The van der Waals surface area contributed by atoms with Crippen molar-refractivity contribution < 1.29 is 32.5 Å². The minimum atomic E-state index is -4.45. The number of carbonyl (C=O) groups is 1. The third-order valence-corrected chi connectivity index (χ3v) is 2.20. The van der Waals surface area contributed by atoms with Crippen molar-refractivity contribution in [3.05, 3.63) is 0 Å². The van der Waals surface area contributed by atoms with Crippen LogP contribution in [0.3, 0.4) is 0 Å². The SMILES string of the molecule is O=C(COCC(F)(F)F)NCC1(O)CCOC1. The first-order valence-corrected chi connectivity index (χ1v) is 5.02. The van der Waals surface area contributed by atoms with Gasteiger partial charge < -0.3 is 19.9 Å². The van der Waals surface area contributed by atoms with E-state index in [0.29, 0.717) is 13.0 Å². The van der Waals surface area contributed by atoms with E-state index in [0.717, 1.165) is 0 Å². The summed E-state index contributed by atoms with van der Waals surface area (Å²) in [6.07, 6.45) is -4.06. The first kappa shape index (κ1) is 14.2. The molecule has 1 unspecified atom stereocenters. The molecule has 17 heavy (non-hydrogen) atoms. The van der Waals surface area contributed by atoms with E-state index in [1.165, 1.54) is 0 Å². The number of amides is 1. The van der Waals surface area contributed by atoms with Crippen molar-refractivity contribution in [1.82, 2.24) is 5.32 Å². The van der Waals surface area contributed by atoms with Crippen molar-refractivity contribution in [3.63, 3.8) is 0 Å². The number of aliphatic hydroxyl groups is 1. The van der Waals surface area contributed by atoms with Gasteiger partial charge in [-0.1, -0.05) is 0 Å². The van der Waals surface area contributed by atoms with Crippen molar-refractivity contribution >= 4 is 5.91 Å². The summed E-state index contributed by atoms with van der Waals surface area (Å²) in [5, 5.41) is 12.0. The number of ether oxygens (including phenoxy) is 2. The molecule has 0 bridgehead atoms. The van der Waals surface area contributed by atoms with Gasteiger partial charge in [0.25, 0.3) is 0 Å². The topological polar surface area (TPSA) is 67.8 Å². The van der Waals surface area contributed by atoms with E-state index >= 15 is 0 Å². The van der Waals surface area contributed by atoms with E-state index in [4.69, 9.17) is 4.74 Å². The van der Waals surface area contributed by atoms with Gasteiger partial charge >= 0.3 is 6.18 Å². The average Bonchev–Trinajstić information content (AvgIpc) is 2.61. The summed E-state index contributed by atoms with van der Waals surface area (Å²) >= 11 is 0. The molecule has 1 amide bonds. The van der Waals surface area contributed by atoms with Crippen LogP contribution in [0.2, 0.25) is 0 Å². The Morgan fingerprint density at radius 2 is 2.24 bits per heavy atom. The molecule has 1 saturated heterocycles. The summed E-state index contributed by atoms with van der Waals surface area (Å²) in [6.45, 7) is -1.70. The predicted octanol–water partition coefficient (Wildman–Crippen LogP) is -0.167. The molecule has 0 aromatic carbocycles. The minimum Gasteiger partial charge on any atom is -0.386 e. The van der Waals surface area contributed by atoms with Gasteiger partial charge in [-0.2, -0.15) is 13.2 Å². The van der Waals surface area contributed by atoms with Gasteiger partial charge in [0.1, 0.15) is 18.8 Å². The van der Waals surface area contributed by atoms with Crippen LogP contribution in [0.25, 0.3) is 0 Å². The molecule has 1 aliphatic heterocycles. The molecular formula is C9H14F3NO4. The van der Waals surface area contributed by atoms with Crippen LogP contribution in [0.5, 0.6) is 0 Å². The van der Waals surface area contributed by atoms with Crippen molar-refractivity contribution in [2.45, 2.75) is 18.2 Å². The fourth-order valence-electron chi connectivity index (χ4n) is 1.31. The molecule has 1 heterocycles. The maximum Gasteiger partial charge on any atom is 0.411 e. The molecule has 0 radical (unpaired) electrons. The quantitative estimate of drug-likeness (QED) is 0.717. The van der Waals surface area contributed by atoms with Crippen molar-refractivity contribution in [3.8, 4) is 0 Å².